The van der Waals surface area contributed by atoms with Crippen LogP contribution in [0.5, 0.6) is 11.5 Å². The number of ether oxygens (including phenoxy) is 2. The quantitative estimate of drug-likeness (QED) is 0.845. The van der Waals surface area contributed by atoms with Gasteiger partial charge >= 0.3 is 0 Å². The molecule has 1 aliphatic rings. The van der Waals surface area contributed by atoms with Gasteiger partial charge in [0.05, 0.1) is 0 Å². The summed E-state index contributed by atoms with van der Waals surface area (Å²) in [7, 11) is 0. The molecular formula is C13H16BrNO3. The van der Waals surface area contributed by atoms with E-state index in [1.807, 2.05) is 18.2 Å². The van der Waals surface area contributed by atoms with Crippen LogP contribution in [0.1, 0.15) is 12.0 Å². The standard InChI is InChI=1S/C13H16BrNO3/c14-5-3-13(16)15-6-4-10-1-2-11-12(9-10)18-8-7-17-11/h1-2,9H,3-8H2,(H,15,16). The Morgan fingerprint density at radius 2 is 2.06 bits per heavy atom. The minimum Gasteiger partial charge on any atom is -0.486 e. The first-order valence-electron chi connectivity index (χ1n) is 6.01. The molecule has 0 unspecified atom stereocenters. The molecule has 0 aliphatic carbocycles. The van der Waals surface area contributed by atoms with Gasteiger partial charge in [0, 0.05) is 18.3 Å². The van der Waals surface area contributed by atoms with Gasteiger partial charge in [0.15, 0.2) is 11.5 Å². The predicted molar refractivity (Wildman–Crippen MR) is 72.6 cm³/mol. The molecule has 1 aromatic rings. The van der Waals surface area contributed by atoms with Crippen molar-refractivity contribution < 1.29 is 14.3 Å². The number of carbonyl (C=O) groups excluding carboxylic acids is 1. The fraction of sp³-hybridized carbons (Fsp3) is 0.462. The Bertz CT molecular complexity index is 423. The molecule has 18 heavy (non-hydrogen) atoms. The second kappa shape index (κ2) is 6.64. The van der Waals surface area contributed by atoms with Crippen LogP contribution in [0.25, 0.3) is 0 Å². The maximum absolute atomic E-state index is 11.3. The summed E-state index contributed by atoms with van der Waals surface area (Å²) in [6, 6.07) is 5.90. The summed E-state index contributed by atoms with van der Waals surface area (Å²) < 4.78 is 11.0. The van der Waals surface area contributed by atoms with Crippen molar-refractivity contribution in [2.75, 3.05) is 25.1 Å². The molecular weight excluding hydrogens is 298 g/mol. The van der Waals surface area contributed by atoms with Crippen LogP contribution in [0.3, 0.4) is 0 Å². The van der Waals surface area contributed by atoms with E-state index in [0.29, 0.717) is 31.5 Å². The van der Waals surface area contributed by atoms with Crippen molar-refractivity contribution in [2.45, 2.75) is 12.8 Å². The van der Waals surface area contributed by atoms with Crippen LogP contribution >= 0.6 is 15.9 Å². The molecule has 0 radical (unpaired) electrons. The molecule has 4 nitrogen and oxygen atoms in total. The normalized spacial score (nSPS) is 13.2. The van der Waals surface area contributed by atoms with Gasteiger partial charge in [-0.15, -0.1) is 0 Å². The monoisotopic (exact) mass is 313 g/mol. The molecule has 1 N–H and O–H groups in total. The summed E-state index contributed by atoms with van der Waals surface area (Å²) >= 11 is 3.24. The van der Waals surface area contributed by atoms with Gasteiger partial charge in [-0.3, -0.25) is 4.79 Å². The van der Waals surface area contributed by atoms with Gasteiger partial charge < -0.3 is 14.8 Å². The van der Waals surface area contributed by atoms with Gasteiger partial charge in [-0.05, 0) is 24.1 Å². The summed E-state index contributed by atoms with van der Waals surface area (Å²) in [6.45, 7) is 1.85. The predicted octanol–water partition coefficient (Wildman–Crippen LogP) is 1.90. The maximum Gasteiger partial charge on any atom is 0.220 e. The van der Waals surface area contributed by atoms with Crippen molar-refractivity contribution in [3.63, 3.8) is 0 Å². The zero-order valence-corrected chi connectivity index (χ0v) is 11.7. The summed E-state index contributed by atoms with van der Waals surface area (Å²) in [6.07, 6.45) is 1.31. The summed E-state index contributed by atoms with van der Waals surface area (Å²) in [5.74, 6) is 1.67. The molecule has 0 atom stereocenters. The smallest absolute Gasteiger partial charge is 0.220 e. The minimum atomic E-state index is 0.0735. The number of carbonyl (C=O) groups is 1. The fourth-order valence-corrected chi connectivity index (χ4v) is 2.12. The molecule has 0 saturated heterocycles. The number of nitrogens with one attached hydrogen (secondary N) is 1. The number of hydrogen-bond acceptors (Lipinski definition) is 3. The molecule has 1 aromatic carbocycles. The Morgan fingerprint density at radius 1 is 1.28 bits per heavy atom. The number of alkyl halides is 1. The van der Waals surface area contributed by atoms with Gasteiger partial charge in [-0.2, -0.15) is 0 Å². The van der Waals surface area contributed by atoms with E-state index in [1.54, 1.807) is 0 Å². The second-order valence-corrected chi connectivity index (χ2v) is 4.81. The summed E-state index contributed by atoms with van der Waals surface area (Å²) in [5, 5.41) is 3.57. The Kier molecular flexibility index (Phi) is 4.87. The van der Waals surface area contributed by atoms with E-state index in [4.69, 9.17) is 9.47 Å². The molecule has 0 spiro atoms. The zero-order chi connectivity index (χ0) is 12.8. The highest BCUT2D eigenvalue weighted by atomic mass is 79.9. The van der Waals surface area contributed by atoms with E-state index >= 15 is 0 Å². The SMILES string of the molecule is O=C(CCBr)NCCc1ccc2c(c1)OCCO2. The molecule has 0 bridgehead atoms. The van der Waals surface area contributed by atoms with E-state index in [-0.39, 0.29) is 5.91 Å². The highest BCUT2D eigenvalue weighted by Crippen LogP contribution is 2.30. The average molecular weight is 314 g/mol. The van der Waals surface area contributed by atoms with E-state index in [9.17, 15) is 4.79 Å². The summed E-state index contributed by atoms with van der Waals surface area (Å²) in [4.78, 5) is 11.3. The third kappa shape index (κ3) is 3.63. The average Bonchev–Trinajstić information content (AvgIpc) is 2.39. The highest BCUT2D eigenvalue weighted by molar-refractivity contribution is 9.09. The zero-order valence-electron chi connectivity index (χ0n) is 10.1. The molecule has 1 heterocycles. The van der Waals surface area contributed by atoms with Crippen LogP contribution in [0.15, 0.2) is 18.2 Å². The Balaban J connectivity index is 1.84. The first kappa shape index (κ1) is 13.2. The van der Waals surface area contributed by atoms with E-state index in [2.05, 4.69) is 21.2 Å². The van der Waals surface area contributed by atoms with E-state index in [1.165, 1.54) is 0 Å². The van der Waals surface area contributed by atoms with Crippen LogP contribution in [-0.4, -0.2) is 31.0 Å². The number of hydrogen-bond donors (Lipinski definition) is 1. The van der Waals surface area contributed by atoms with Gasteiger partial charge in [-0.1, -0.05) is 22.0 Å². The van der Waals surface area contributed by atoms with Crippen LogP contribution in [0.4, 0.5) is 0 Å². The molecule has 0 aromatic heterocycles. The lowest BCUT2D eigenvalue weighted by Gasteiger charge is -2.18. The maximum atomic E-state index is 11.3. The van der Waals surface area contributed by atoms with Gasteiger partial charge in [0.1, 0.15) is 13.2 Å². The lowest BCUT2D eigenvalue weighted by atomic mass is 10.1. The molecule has 5 heteroatoms. The Morgan fingerprint density at radius 3 is 2.83 bits per heavy atom. The molecule has 1 amide bonds. The van der Waals surface area contributed by atoms with E-state index in [0.717, 1.165) is 23.5 Å². The first-order chi connectivity index (χ1) is 8.79. The highest BCUT2D eigenvalue weighted by Gasteiger charge is 2.11. The number of benzene rings is 1. The Hall–Kier alpha value is -1.23. The van der Waals surface area contributed by atoms with Crippen molar-refractivity contribution >= 4 is 21.8 Å². The Labute approximate surface area is 115 Å². The van der Waals surface area contributed by atoms with Gasteiger partial charge in [0.2, 0.25) is 5.91 Å². The van der Waals surface area contributed by atoms with Crippen molar-refractivity contribution in [3.8, 4) is 11.5 Å². The van der Waals surface area contributed by atoms with E-state index < -0.39 is 0 Å². The van der Waals surface area contributed by atoms with Crippen molar-refractivity contribution in [1.29, 1.82) is 0 Å². The number of amides is 1. The molecule has 1 aliphatic heterocycles. The topological polar surface area (TPSA) is 47.6 Å². The van der Waals surface area contributed by atoms with Gasteiger partial charge in [0.25, 0.3) is 0 Å². The first-order valence-corrected chi connectivity index (χ1v) is 7.13. The fourth-order valence-electron chi connectivity index (χ4n) is 1.76. The number of fused-ring (bicyclic) bond motifs is 1. The largest absolute Gasteiger partial charge is 0.486 e. The minimum absolute atomic E-state index is 0.0735. The molecule has 2 rings (SSSR count). The number of halogens is 1. The van der Waals surface area contributed by atoms with Crippen LogP contribution in [0.2, 0.25) is 0 Å². The lowest BCUT2D eigenvalue weighted by molar-refractivity contribution is -0.120. The number of rotatable bonds is 5. The van der Waals surface area contributed by atoms with Crippen LogP contribution in [0, 0.1) is 0 Å². The van der Waals surface area contributed by atoms with Crippen molar-refractivity contribution in [1.82, 2.24) is 5.32 Å². The lowest BCUT2D eigenvalue weighted by Crippen LogP contribution is -2.25. The van der Waals surface area contributed by atoms with Crippen molar-refractivity contribution in [3.05, 3.63) is 23.8 Å². The molecule has 98 valence electrons. The second-order valence-electron chi connectivity index (χ2n) is 4.02. The molecule has 0 saturated carbocycles. The third-order valence-electron chi connectivity index (χ3n) is 2.66. The van der Waals surface area contributed by atoms with Gasteiger partial charge in [-0.25, -0.2) is 0 Å². The molecule has 0 fully saturated rings. The van der Waals surface area contributed by atoms with Crippen molar-refractivity contribution in [2.24, 2.45) is 0 Å². The van der Waals surface area contributed by atoms with Crippen LogP contribution in [-0.2, 0) is 11.2 Å². The third-order valence-corrected chi connectivity index (χ3v) is 3.06. The van der Waals surface area contributed by atoms with Crippen LogP contribution < -0.4 is 14.8 Å². The summed E-state index contributed by atoms with van der Waals surface area (Å²) in [5.41, 5.74) is 1.14.